The van der Waals surface area contributed by atoms with Crippen LogP contribution in [0.15, 0.2) is 53.0 Å². The summed E-state index contributed by atoms with van der Waals surface area (Å²) in [5.41, 5.74) is 7.39. The van der Waals surface area contributed by atoms with Crippen LogP contribution in [-0.4, -0.2) is 5.91 Å². The van der Waals surface area contributed by atoms with Gasteiger partial charge in [-0.3, -0.25) is 4.79 Å². The second kappa shape index (κ2) is 5.67. The van der Waals surface area contributed by atoms with Crippen molar-refractivity contribution in [3.63, 3.8) is 0 Å². The van der Waals surface area contributed by atoms with Crippen LogP contribution in [0.25, 0.3) is 0 Å². The van der Waals surface area contributed by atoms with Gasteiger partial charge in [0.25, 0.3) is 0 Å². The highest BCUT2D eigenvalue weighted by atomic mass is 79.9. The fourth-order valence-corrected chi connectivity index (χ4v) is 2.25. The van der Waals surface area contributed by atoms with E-state index in [0.29, 0.717) is 11.4 Å². The Labute approximate surface area is 127 Å². The Balaban J connectivity index is 2.26. The largest absolute Gasteiger partial charge is 0.399 e. The average Bonchev–Trinajstić information content (AvgIpc) is 2.43. The summed E-state index contributed by atoms with van der Waals surface area (Å²) in [5.74, 6) is -0.0741. The fourth-order valence-electron chi connectivity index (χ4n) is 1.90. The molecule has 0 fully saturated rings. The Kier molecular flexibility index (Phi) is 4.14. The summed E-state index contributed by atoms with van der Waals surface area (Å²) >= 11 is 3.41. The first-order chi connectivity index (χ1) is 9.41. The van der Waals surface area contributed by atoms with E-state index >= 15 is 0 Å². The number of nitrogen functional groups attached to an aromatic ring is 1. The predicted octanol–water partition coefficient (Wildman–Crippen LogP) is 3.95. The third-order valence-corrected chi connectivity index (χ3v) is 3.99. The molecular formula is C16H17BrN2O. The molecule has 3 N–H and O–H groups in total. The third-order valence-electron chi connectivity index (χ3n) is 3.30. The maximum absolute atomic E-state index is 12.5. The van der Waals surface area contributed by atoms with E-state index in [1.165, 1.54) is 0 Å². The molecule has 0 unspecified atom stereocenters. The molecule has 20 heavy (non-hydrogen) atoms. The number of anilines is 2. The molecule has 4 heteroatoms. The zero-order chi connectivity index (χ0) is 14.8. The van der Waals surface area contributed by atoms with Crippen LogP contribution in [0.4, 0.5) is 11.4 Å². The Morgan fingerprint density at radius 1 is 1.15 bits per heavy atom. The molecule has 2 rings (SSSR count). The molecule has 2 aromatic carbocycles. The van der Waals surface area contributed by atoms with Gasteiger partial charge < -0.3 is 11.1 Å². The number of nitrogens with one attached hydrogen (secondary N) is 1. The Hall–Kier alpha value is -1.81. The highest BCUT2D eigenvalue weighted by Crippen LogP contribution is 2.29. The van der Waals surface area contributed by atoms with E-state index in [2.05, 4.69) is 21.2 Å². The minimum atomic E-state index is -0.620. The van der Waals surface area contributed by atoms with E-state index in [0.717, 1.165) is 10.0 Å². The SMILES string of the molecule is CC(C)(C(=O)Nc1cc(N)ccc1Br)c1ccccc1. The fraction of sp³-hybridized carbons (Fsp3) is 0.188. The molecule has 0 aromatic heterocycles. The summed E-state index contributed by atoms with van der Waals surface area (Å²) in [6, 6.07) is 15.0. The molecule has 0 saturated carbocycles. The van der Waals surface area contributed by atoms with Crippen LogP contribution in [-0.2, 0) is 10.2 Å². The molecule has 0 aliphatic heterocycles. The van der Waals surface area contributed by atoms with Crippen LogP contribution < -0.4 is 11.1 Å². The van der Waals surface area contributed by atoms with Crippen molar-refractivity contribution in [2.24, 2.45) is 0 Å². The Morgan fingerprint density at radius 2 is 1.80 bits per heavy atom. The van der Waals surface area contributed by atoms with Crippen LogP contribution >= 0.6 is 15.9 Å². The van der Waals surface area contributed by atoms with Gasteiger partial charge in [-0.25, -0.2) is 0 Å². The molecular weight excluding hydrogens is 316 g/mol. The van der Waals surface area contributed by atoms with Gasteiger partial charge >= 0.3 is 0 Å². The number of hydrogen-bond donors (Lipinski definition) is 2. The van der Waals surface area contributed by atoms with Gasteiger partial charge in [-0.05, 0) is 53.5 Å². The molecule has 2 aromatic rings. The van der Waals surface area contributed by atoms with Crippen molar-refractivity contribution in [3.05, 3.63) is 58.6 Å². The molecule has 0 heterocycles. The number of carbonyl (C=O) groups is 1. The highest BCUT2D eigenvalue weighted by molar-refractivity contribution is 9.10. The number of hydrogen-bond acceptors (Lipinski definition) is 2. The van der Waals surface area contributed by atoms with Crippen LogP contribution in [0, 0.1) is 0 Å². The van der Waals surface area contributed by atoms with Crippen molar-refractivity contribution >= 4 is 33.2 Å². The van der Waals surface area contributed by atoms with E-state index in [-0.39, 0.29) is 5.91 Å². The topological polar surface area (TPSA) is 55.1 Å². The first kappa shape index (κ1) is 14.6. The second-order valence-corrected chi connectivity index (χ2v) is 6.04. The molecule has 3 nitrogen and oxygen atoms in total. The minimum Gasteiger partial charge on any atom is -0.399 e. The van der Waals surface area contributed by atoms with Crippen molar-refractivity contribution in [1.29, 1.82) is 0 Å². The maximum Gasteiger partial charge on any atom is 0.234 e. The van der Waals surface area contributed by atoms with Gasteiger partial charge in [0.2, 0.25) is 5.91 Å². The van der Waals surface area contributed by atoms with Gasteiger partial charge in [0.15, 0.2) is 0 Å². The summed E-state index contributed by atoms with van der Waals surface area (Å²) in [6.07, 6.45) is 0. The average molecular weight is 333 g/mol. The number of amides is 1. The number of carbonyl (C=O) groups excluding carboxylic acids is 1. The van der Waals surface area contributed by atoms with Gasteiger partial charge in [-0.1, -0.05) is 30.3 Å². The number of rotatable bonds is 3. The smallest absolute Gasteiger partial charge is 0.234 e. The molecule has 0 aliphatic rings. The summed E-state index contributed by atoms with van der Waals surface area (Å²) in [5, 5.41) is 2.92. The maximum atomic E-state index is 12.5. The lowest BCUT2D eigenvalue weighted by molar-refractivity contribution is -0.120. The molecule has 1 amide bonds. The molecule has 0 saturated heterocycles. The molecule has 104 valence electrons. The summed E-state index contributed by atoms with van der Waals surface area (Å²) in [4.78, 5) is 12.5. The van der Waals surface area contributed by atoms with E-state index in [4.69, 9.17) is 5.73 Å². The van der Waals surface area contributed by atoms with E-state index in [1.807, 2.05) is 50.2 Å². The van der Waals surface area contributed by atoms with Crippen molar-refractivity contribution in [1.82, 2.24) is 0 Å². The first-order valence-electron chi connectivity index (χ1n) is 6.33. The summed E-state index contributed by atoms with van der Waals surface area (Å²) in [7, 11) is 0. The van der Waals surface area contributed by atoms with Crippen LogP contribution in [0.3, 0.4) is 0 Å². The number of halogens is 1. The lowest BCUT2D eigenvalue weighted by Crippen LogP contribution is -2.34. The van der Waals surface area contributed by atoms with Gasteiger partial charge in [0.1, 0.15) is 0 Å². The Morgan fingerprint density at radius 3 is 2.45 bits per heavy atom. The van der Waals surface area contributed by atoms with Crippen LogP contribution in [0.5, 0.6) is 0 Å². The summed E-state index contributed by atoms with van der Waals surface area (Å²) in [6.45, 7) is 3.80. The standard InChI is InChI=1S/C16H17BrN2O/c1-16(2,11-6-4-3-5-7-11)15(20)19-14-10-12(18)8-9-13(14)17/h3-10H,18H2,1-2H3,(H,19,20). The minimum absolute atomic E-state index is 0.0741. The van der Waals surface area contributed by atoms with E-state index in [1.54, 1.807) is 12.1 Å². The quantitative estimate of drug-likeness (QED) is 0.836. The van der Waals surface area contributed by atoms with Crippen molar-refractivity contribution < 1.29 is 4.79 Å². The van der Waals surface area contributed by atoms with Gasteiger partial charge in [-0.2, -0.15) is 0 Å². The normalized spacial score (nSPS) is 11.2. The Bertz CT molecular complexity index is 624. The zero-order valence-corrected chi connectivity index (χ0v) is 13.1. The number of benzene rings is 2. The monoisotopic (exact) mass is 332 g/mol. The molecule has 0 spiro atoms. The molecule has 0 aliphatic carbocycles. The van der Waals surface area contributed by atoms with E-state index in [9.17, 15) is 4.79 Å². The van der Waals surface area contributed by atoms with Crippen molar-refractivity contribution in [2.75, 3.05) is 11.1 Å². The van der Waals surface area contributed by atoms with Crippen molar-refractivity contribution in [3.8, 4) is 0 Å². The molecule has 0 radical (unpaired) electrons. The second-order valence-electron chi connectivity index (χ2n) is 5.18. The first-order valence-corrected chi connectivity index (χ1v) is 7.12. The number of nitrogens with two attached hydrogens (primary N) is 1. The molecule has 0 bridgehead atoms. The van der Waals surface area contributed by atoms with Gasteiger partial charge in [0, 0.05) is 10.2 Å². The zero-order valence-electron chi connectivity index (χ0n) is 11.5. The third kappa shape index (κ3) is 3.02. The lowest BCUT2D eigenvalue weighted by Gasteiger charge is -2.24. The lowest BCUT2D eigenvalue weighted by atomic mass is 9.83. The van der Waals surface area contributed by atoms with E-state index < -0.39 is 5.41 Å². The highest BCUT2D eigenvalue weighted by Gasteiger charge is 2.29. The predicted molar refractivity (Wildman–Crippen MR) is 86.7 cm³/mol. The van der Waals surface area contributed by atoms with Crippen LogP contribution in [0.1, 0.15) is 19.4 Å². The van der Waals surface area contributed by atoms with Crippen LogP contribution in [0.2, 0.25) is 0 Å². The van der Waals surface area contributed by atoms with Gasteiger partial charge in [-0.15, -0.1) is 0 Å². The summed E-state index contributed by atoms with van der Waals surface area (Å²) < 4.78 is 0.809. The molecule has 0 atom stereocenters. The van der Waals surface area contributed by atoms with Crippen molar-refractivity contribution in [2.45, 2.75) is 19.3 Å². The van der Waals surface area contributed by atoms with Gasteiger partial charge in [0.05, 0.1) is 11.1 Å².